The quantitative estimate of drug-likeness (QED) is 0.702. The minimum absolute atomic E-state index is 0.240. The standard InChI is InChI=1S/C18H19F3N4O/c1-12(2)9-23-17-15-11-25(24-16(15)7-8-22-17)10-13-3-5-14(6-4-13)26-18(19,20)21/h3-8,11-12H,9-10H2,1-2H3,(H,22,23). The number of hydrogen-bond donors (Lipinski definition) is 1. The van der Waals surface area contributed by atoms with Crippen LogP contribution in [0.4, 0.5) is 19.0 Å². The van der Waals surface area contributed by atoms with E-state index < -0.39 is 6.36 Å². The summed E-state index contributed by atoms with van der Waals surface area (Å²) in [7, 11) is 0. The van der Waals surface area contributed by atoms with Crippen molar-refractivity contribution in [3.63, 3.8) is 0 Å². The van der Waals surface area contributed by atoms with Gasteiger partial charge in [-0.1, -0.05) is 26.0 Å². The maximum absolute atomic E-state index is 12.2. The summed E-state index contributed by atoms with van der Waals surface area (Å²) in [6.45, 7) is 5.47. The van der Waals surface area contributed by atoms with Crippen molar-refractivity contribution >= 4 is 16.7 Å². The topological polar surface area (TPSA) is 52.0 Å². The van der Waals surface area contributed by atoms with Crippen LogP contribution in [0.25, 0.3) is 10.9 Å². The lowest BCUT2D eigenvalue weighted by Gasteiger charge is -2.09. The van der Waals surface area contributed by atoms with Crippen molar-refractivity contribution in [2.75, 3.05) is 11.9 Å². The number of nitrogens with one attached hydrogen (secondary N) is 1. The lowest BCUT2D eigenvalue weighted by Crippen LogP contribution is -2.17. The number of pyridine rings is 1. The van der Waals surface area contributed by atoms with Crippen molar-refractivity contribution in [1.82, 2.24) is 14.8 Å². The lowest BCUT2D eigenvalue weighted by molar-refractivity contribution is -0.274. The molecule has 0 bridgehead atoms. The number of halogens is 3. The zero-order valence-corrected chi connectivity index (χ0v) is 14.4. The molecule has 0 aliphatic heterocycles. The summed E-state index contributed by atoms with van der Waals surface area (Å²) in [4.78, 5) is 4.36. The van der Waals surface area contributed by atoms with Crippen LogP contribution in [0.1, 0.15) is 19.4 Å². The summed E-state index contributed by atoms with van der Waals surface area (Å²) in [6.07, 6.45) is -1.11. The lowest BCUT2D eigenvalue weighted by atomic mass is 10.2. The molecule has 0 saturated heterocycles. The molecule has 0 aliphatic rings. The second-order valence-electron chi connectivity index (χ2n) is 6.39. The molecule has 0 amide bonds. The molecule has 2 aromatic heterocycles. The number of hydrogen-bond acceptors (Lipinski definition) is 4. The highest BCUT2D eigenvalue weighted by Crippen LogP contribution is 2.24. The molecule has 1 N–H and O–H groups in total. The van der Waals surface area contributed by atoms with Gasteiger partial charge in [0.1, 0.15) is 11.6 Å². The van der Waals surface area contributed by atoms with Crippen molar-refractivity contribution in [2.45, 2.75) is 26.8 Å². The molecule has 0 unspecified atom stereocenters. The molecule has 0 aliphatic carbocycles. The van der Waals surface area contributed by atoms with Gasteiger partial charge in [-0.3, -0.25) is 4.68 Å². The molecule has 0 fully saturated rings. The van der Waals surface area contributed by atoms with E-state index in [2.05, 4.69) is 34.0 Å². The van der Waals surface area contributed by atoms with E-state index in [4.69, 9.17) is 0 Å². The Morgan fingerprint density at radius 2 is 1.88 bits per heavy atom. The maximum Gasteiger partial charge on any atom is 0.573 e. The van der Waals surface area contributed by atoms with Gasteiger partial charge in [0.25, 0.3) is 0 Å². The predicted molar refractivity (Wildman–Crippen MR) is 93.1 cm³/mol. The summed E-state index contributed by atoms with van der Waals surface area (Å²) in [5.41, 5.74) is 1.63. The summed E-state index contributed by atoms with van der Waals surface area (Å²) in [5, 5.41) is 8.72. The van der Waals surface area contributed by atoms with Gasteiger partial charge in [-0.15, -0.1) is 13.2 Å². The van der Waals surface area contributed by atoms with E-state index in [9.17, 15) is 13.2 Å². The van der Waals surface area contributed by atoms with Crippen molar-refractivity contribution in [2.24, 2.45) is 5.92 Å². The van der Waals surface area contributed by atoms with E-state index in [0.29, 0.717) is 12.5 Å². The Bertz CT molecular complexity index is 872. The Balaban J connectivity index is 1.75. The molecule has 0 spiro atoms. The molecule has 138 valence electrons. The maximum atomic E-state index is 12.2. The van der Waals surface area contributed by atoms with Crippen LogP contribution in [0, 0.1) is 5.92 Å². The molecular weight excluding hydrogens is 345 g/mol. The Labute approximate surface area is 148 Å². The smallest absolute Gasteiger partial charge is 0.406 e. The first-order chi connectivity index (χ1) is 12.3. The van der Waals surface area contributed by atoms with Gasteiger partial charge in [-0.25, -0.2) is 4.98 Å². The van der Waals surface area contributed by atoms with Crippen LogP contribution < -0.4 is 10.1 Å². The number of nitrogens with zero attached hydrogens (tertiary/aromatic N) is 3. The highest BCUT2D eigenvalue weighted by Gasteiger charge is 2.30. The summed E-state index contributed by atoms with van der Waals surface area (Å²) in [6, 6.07) is 7.59. The van der Waals surface area contributed by atoms with Gasteiger partial charge < -0.3 is 10.1 Å². The normalized spacial score (nSPS) is 11.9. The molecular formula is C18H19F3N4O. The number of rotatable bonds is 6. The first-order valence-electron chi connectivity index (χ1n) is 8.21. The van der Waals surface area contributed by atoms with E-state index in [0.717, 1.165) is 28.8 Å². The molecule has 8 heteroatoms. The third-order valence-electron chi connectivity index (χ3n) is 3.66. The van der Waals surface area contributed by atoms with Crippen LogP contribution >= 0.6 is 0 Å². The number of alkyl halides is 3. The highest BCUT2D eigenvalue weighted by molar-refractivity contribution is 5.88. The van der Waals surface area contributed by atoms with Crippen molar-refractivity contribution in [1.29, 1.82) is 0 Å². The summed E-state index contributed by atoms with van der Waals surface area (Å²) in [5.74, 6) is 1.02. The largest absolute Gasteiger partial charge is 0.573 e. The monoisotopic (exact) mass is 364 g/mol. The fraction of sp³-hybridized carbons (Fsp3) is 0.333. The molecule has 0 saturated carbocycles. The van der Waals surface area contributed by atoms with E-state index >= 15 is 0 Å². The zero-order chi connectivity index (χ0) is 18.7. The van der Waals surface area contributed by atoms with Gasteiger partial charge in [0.05, 0.1) is 17.4 Å². The van der Waals surface area contributed by atoms with Crippen molar-refractivity contribution in [3.05, 3.63) is 48.3 Å². The van der Waals surface area contributed by atoms with Crippen LogP contribution in [-0.4, -0.2) is 27.7 Å². The van der Waals surface area contributed by atoms with Crippen molar-refractivity contribution in [3.8, 4) is 5.75 Å². The van der Waals surface area contributed by atoms with Crippen LogP contribution in [-0.2, 0) is 6.54 Å². The number of benzene rings is 1. The second-order valence-corrected chi connectivity index (χ2v) is 6.39. The number of anilines is 1. The fourth-order valence-electron chi connectivity index (χ4n) is 2.50. The van der Waals surface area contributed by atoms with Crippen LogP contribution in [0.2, 0.25) is 0 Å². The summed E-state index contributed by atoms with van der Waals surface area (Å²) < 4.78 is 42.2. The van der Waals surface area contributed by atoms with Crippen LogP contribution in [0.15, 0.2) is 42.7 Å². The van der Waals surface area contributed by atoms with Gasteiger partial charge in [0, 0.05) is 18.9 Å². The van der Waals surface area contributed by atoms with Gasteiger partial charge in [-0.2, -0.15) is 5.10 Å². The van der Waals surface area contributed by atoms with Gasteiger partial charge in [0.15, 0.2) is 0 Å². The average Bonchev–Trinajstić information content (AvgIpc) is 2.96. The number of fused-ring (bicyclic) bond motifs is 1. The highest BCUT2D eigenvalue weighted by atomic mass is 19.4. The molecule has 2 heterocycles. The van der Waals surface area contributed by atoms with Crippen LogP contribution in [0.3, 0.4) is 0 Å². The Morgan fingerprint density at radius 3 is 2.54 bits per heavy atom. The molecule has 5 nitrogen and oxygen atoms in total. The van der Waals surface area contributed by atoms with Crippen LogP contribution in [0.5, 0.6) is 5.75 Å². The zero-order valence-electron chi connectivity index (χ0n) is 14.4. The Kier molecular flexibility index (Phi) is 5.01. The first-order valence-corrected chi connectivity index (χ1v) is 8.21. The molecule has 0 atom stereocenters. The first kappa shape index (κ1) is 18.0. The van der Waals surface area contributed by atoms with E-state index in [1.54, 1.807) is 23.0 Å². The minimum atomic E-state index is -4.69. The second kappa shape index (κ2) is 7.23. The van der Waals surface area contributed by atoms with Gasteiger partial charge >= 0.3 is 6.36 Å². The molecule has 26 heavy (non-hydrogen) atoms. The molecule has 1 aromatic carbocycles. The van der Waals surface area contributed by atoms with Gasteiger partial charge in [0.2, 0.25) is 0 Å². The molecule has 3 rings (SSSR count). The van der Waals surface area contributed by atoms with E-state index in [-0.39, 0.29) is 5.75 Å². The average molecular weight is 364 g/mol. The van der Waals surface area contributed by atoms with Crippen molar-refractivity contribution < 1.29 is 17.9 Å². The number of aromatic nitrogens is 3. The Morgan fingerprint density at radius 1 is 1.15 bits per heavy atom. The van der Waals surface area contributed by atoms with Gasteiger partial charge in [-0.05, 0) is 29.7 Å². The minimum Gasteiger partial charge on any atom is -0.406 e. The predicted octanol–water partition coefficient (Wildman–Crippen LogP) is 4.45. The number of ether oxygens (including phenoxy) is 1. The third kappa shape index (κ3) is 4.65. The fourth-order valence-corrected chi connectivity index (χ4v) is 2.50. The SMILES string of the molecule is CC(C)CNc1nccc2nn(Cc3ccc(OC(F)(F)F)cc3)cc12. The van der Waals surface area contributed by atoms with E-state index in [1.165, 1.54) is 12.1 Å². The van der Waals surface area contributed by atoms with E-state index in [1.807, 2.05) is 12.3 Å². The molecule has 0 radical (unpaired) electrons. The molecule has 3 aromatic rings. The summed E-state index contributed by atoms with van der Waals surface area (Å²) >= 11 is 0. The Hall–Kier alpha value is -2.77. The third-order valence-corrected chi connectivity index (χ3v) is 3.66.